The molecule has 1 saturated carbocycles. The van der Waals surface area contributed by atoms with Gasteiger partial charge in [0.15, 0.2) is 0 Å². The Labute approximate surface area is 59.1 Å². The summed E-state index contributed by atoms with van der Waals surface area (Å²) in [5.41, 5.74) is 0. The molecule has 0 aliphatic heterocycles. The molecule has 1 fully saturated rings. The van der Waals surface area contributed by atoms with Crippen LogP contribution in [0.5, 0.6) is 0 Å². The molecule has 1 rings (SSSR count). The molecular weight excluding hydrogens is 140 g/mol. The van der Waals surface area contributed by atoms with Crippen LogP contribution >= 0.6 is 11.6 Å². The van der Waals surface area contributed by atoms with E-state index in [0.29, 0.717) is 12.5 Å². The van der Waals surface area contributed by atoms with Gasteiger partial charge >= 0.3 is 5.97 Å². The SMILES string of the molecule is O=C(CCl)OCC1CC1. The predicted molar refractivity (Wildman–Crippen MR) is 34.4 cm³/mol. The first-order valence-corrected chi connectivity index (χ1v) is 3.58. The van der Waals surface area contributed by atoms with Gasteiger partial charge in [0.2, 0.25) is 0 Å². The van der Waals surface area contributed by atoms with E-state index in [1.165, 1.54) is 12.8 Å². The van der Waals surface area contributed by atoms with E-state index >= 15 is 0 Å². The summed E-state index contributed by atoms with van der Waals surface area (Å²) in [6, 6.07) is 0. The average Bonchev–Trinajstić information content (AvgIpc) is 2.65. The second-order valence-electron chi connectivity index (χ2n) is 2.26. The molecule has 52 valence electrons. The lowest BCUT2D eigenvalue weighted by molar-refractivity contribution is -0.141. The van der Waals surface area contributed by atoms with Crippen LogP contribution in [0.15, 0.2) is 0 Å². The highest BCUT2D eigenvalue weighted by Gasteiger charge is 2.22. The minimum atomic E-state index is -0.302. The third kappa shape index (κ3) is 2.70. The zero-order valence-electron chi connectivity index (χ0n) is 5.10. The quantitative estimate of drug-likeness (QED) is 0.444. The number of carbonyl (C=O) groups excluding carboxylic acids is 1. The Morgan fingerprint density at radius 2 is 2.33 bits per heavy atom. The Bertz CT molecular complexity index is 110. The lowest BCUT2D eigenvalue weighted by atomic mass is 10.5. The van der Waals surface area contributed by atoms with Crippen LogP contribution in [0, 0.1) is 5.92 Å². The van der Waals surface area contributed by atoms with E-state index in [1.807, 2.05) is 0 Å². The zero-order valence-corrected chi connectivity index (χ0v) is 5.86. The first kappa shape index (κ1) is 6.87. The summed E-state index contributed by atoms with van der Waals surface area (Å²) in [7, 11) is 0. The molecule has 2 nitrogen and oxygen atoms in total. The third-order valence-corrected chi connectivity index (χ3v) is 1.50. The molecule has 9 heavy (non-hydrogen) atoms. The smallest absolute Gasteiger partial charge is 0.320 e. The molecule has 0 N–H and O–H groups in total. The molecule has 0 aromatic heterocycles. The molecule has 0 aromatic carbocycles. The fourth-order valence-electron chi connectivity index (χ4n) is 0.534. The highest BCUT2D eigenvalue weighted by atomic mass is 35.5. The monoisotopic (exact) mass is 148 g/mol. The summed E-state index contributed by atoms with van der Waals surface area (Å²) in [6.45, 7) is 0.575. The second kappa shape index (κ2) is 3.06. The van der Waals surface area contributed by atoms with Crippen LogP contribution in [-0.4, -0.2) is 18.5 Å². The molecule has 0 saturated heterocycles. The summed E-state index contributed by atoms with van der Waals surface area (Å²) in [5.74, 6) is 0.313. The normalized spacial score (nSPS) is 17.4. The van der Waals surface area contributed by atoms with Crippen molar-refractivity contribution in [1.82, 2.24) is 0 Å². The van der Waals surface area contributed by atoms with Crippen LogP contribution in [0.4, 0.5) is 0 Å². The van der Waals surface area contributed by atoms with Crippen molar-refractivity contribution < 1.29 is 9.53 Å². The number of rotatable bonds is 3. The minimum absolute atomic E-state index is 0.0211. The number of carbonyl (C=O) groups is 1. The van der Waals surface area contributed by atoms with Crippen molar-refractivity contribution >= 4 is 17.6 Å². The molecule has 0 amide bonds. The number of hydrogen-bond acceptors (Lipinski definition) is 2. The first-order chi connectivity index (χ1) is 4.33. The van der Waals surface area contributed by atoms with Gasteiger partial charge in [0, 0.05) is 0 Å². The maximum absolute atomic E-state index is 10.4. The number of esters is 1. The Morgan fingerprint density at radius 3 is 2.78 bits per heavy atom. The van der Waals surface area contributed by atoms with E-state index in [1.54, 1.807) is 0 Å². The van der Waals surface area contributed by atoms with E-state index in [0.717, 1.165) is 0 Å². The average molecular weight is 149 g/mol. The highest BCUT2D eigenvalue weighted by Crippen LogP contribution is 2.28. The van der Waals surface area contributed by atoms with Crippen molar-refractivity contribution in [3.05, 3.63) is 0 Å². The fraction of sp³-hybridized carbons (Fsp3) is 0.833. The Hall–Kier alpha value is -0.240. The maximum atomic E-state index is 10.4. The van der Waals surface area contributed by atoms with Crippen LogP contribution in [0.3, 0.4) is 0 Å². The third-order valence-electron chi connectivity index (χ3n) is 1.29. The van der Waals surface area contributed by atoms with Crippen molar-refractivity contribution in [2.24, 2.45) is 5.92 Å². The lowest BCUT2D eigenvalue weighted by Crippen LogP contribution is -2.07. The summed E-state index contributed by atoms with van der Waals surface area (Å²) < 4.78 is 4.74. The maximum Gasteiger partial charge on any atom is 0.320 e. The number of hydrogen-bond donors (Lipinski definition) is 0. The summed E-state index contributed by atoms with van der Waals surface area (Å²) in [5, 5.41) is 0. The summed E-state index contributed by atoms with van der Waals surface area (Å²) in [6.07, 6.45) is 2.41. The summed E-state index contributed by atoms with van der Waals surface area (Å²) in [4.78, 5) is 10.4. The van der Waals surface area contributed by atoms with Crippen LogP contribution in [0.1, 0.15) is 12.8 Å². The van der Waals surface area contributed by atoms with Gasteiger partial charge in [0.1, 0.15) is 5.88 Å². The van der Waals surface area contributed by atoms with E-state index in [9.17, 15) is 4.79 Å². The number of halogens is 1. The number of ether oxygens (including phenoxy) is 1. The number of alkyl halides is 1. The van der Waals surface area contributed by atoms with Gasteiger partial charge in [0.05, 0.1) is 6.61 Å². The van der Waals surface area contributed by atoms with Crippen molar-refractivity contribution in [3.63, 3.8) is 0 Å². The molecule has 0 radical (unpaired) electrons. The Morgan fingerprint density at radius 1 is 1.67 bits per heavy atom. The molecule has 1 aliphatic carbocycles. The molecule has 0 spiro atoms. The van der Waals surface area contributed by atoms with Crippen LogP contribution in [-0.2, 0) is 9.53 Å². The largest absolute Gasteiger partial charge is 0.465 e. The van der Waals surface area contributed by atoms with Gasteiger partial charge in [-0.05, 0) is 18.8 Å². The molecule has 1 aliphatic rings. The van der Waals surface area contributed by atoms with Crippen molar-refractivity contribution in [2.45, 2.75) is 12.8 Å². The van der Waals surface area contributed by atoms with Crippen LogP contribution < -0.4 is 0 Å². The van der Waals surface area contributed by atoms with E-state index in [-0.39, 0.29) is 11.8 Å². The molecule has 0 aromatic rings. The molecule has 3 heteroatoms. The van der Waals surface area contributed by atoms with Crippen molar-refractivity contribution in [2.75, 3.05) is 12.5 Å². The summed E-state index contributed by atoms with van der Waals surface area (Å²) >= 11 is 5.18. The highest BCUT2D eigenvalue weighted by molar-refractivity contribution is 6.26. The Kier molecular flexibility index (Phi) is 2.34. The minimum Gasteiger partial charge on any atom is -0.465 e. The van der Waals surface area contributed by atoms with E-state index < -0.39 is 0 Å². The molecule has 0 heterocycles. The van der Waals surface area contributed by atoms with Gasteiger partial charge in [-0.1, -0.05) is 0 Å². The van der Waals surface area contributed by atoms with Crippen LogP contribution in [0.2, 0.25) is 0 Å². The standard InChI is InChI=1S/C6H9ClO2/c7-3-6(8)9-4-5-1-2-5/h5H,1-4H2. The van der Waals surface area contributed by atoms with Gasteiger partial charge in [-0.25, -0.2) is 0 Å². The predicted octanol–water partition coefficient (Wildman–Crippen LogP) is 1.18. The van der Waals surface area contributed by atoms with Gasteiger partial charge in [-0.2, -0.15) is 0 Å². The Balaban J connectivity index is 1.96. The second-order valence-corrected chi connectivity index (χ2v) is 2.53. The lowest BCUT2D eigenvalue weighted by Gasteiger charge is -1.97. The molecule has 0 unspecified atom stereocenters. The van der Waals surface area contributed by atoms with Crippen molar-refractivity contribution in [3.8, 4) is 0 Å². The van der Waals surface area contributed by atoms with Gasteiger partial charge in [0.25, 0.3) is 0 Å². The molecule has 0 atom stereocenters. The van der Waals surface area contributed by atoms with Gasteiger partial charge in [-0.15, -0.1) is 11.6 Å². The van der Waals surface area contributed by atoms with Crippen molar-refractivity contribution in [1.29, 1.82) is 0 Å². The van der Waals surface area contributed by atoms with E-state index in [4.69, 9.17) is 16.3 Å². The van der Waals surface area contributed by atoms with Gasteiger partial charge in [-0.3, -0.25) is 4.79 Å². The van der Waals surface area contributed by atoms with Gasteiger partial charge < -0.3 is 4.74 Å². The van der Waals surface area contributed by atoms with E-state index in [2.05, 4.69) is 0 Å². The fourth-order valence-corrected chi connectivity index (χ4v) is 0.611. The first-order valence-electron chi connectivity index (χ1n) is 3.04. The topological polar surface area (TPSA) is 26.3 Å². The van der Waals surface area contributed by atoms with Crippen LogP contribution in [0.25, 0.3) is 0 Å². The zero-order chi connectivity index (χ0) is 6.69. The molecular formula is C6H9ClO2. The molecule has 0 bridgehead atoms.